The first kappa shape index (κ1) is 24.7. The second kappa shape index (κ2) is 14.6. The van der Waals surface area contributed by atoms with Crippen molar-refractivity contribution < 1.29 is 19.4 Å². The number of carboxylic acids is 1. The Kier molecular flexibility index (Phi) is 12.9. The molecule has 0 aliphatic heterocycles. The maximum Gasteiger partial charge on any atom is 0.310 e. The first-order valence-electron chi connectivity index (χ1n) is 11.5. The summed E-state index contributed by atoms with van der Waals surface area (Å²) < 4.78 is 5.76. The molecule has 0 saturated heterocycles. The summed E-state index contributed by atoms with van der Waals surface area (Å²) in [5, 5.41) is 9.36. The van der Waals surface area contributed by atoms with Crippen molar-refractivity contribution in [3.05, 3.63) is 12.2 Å². The van der Waals surface area contributed by atoms with E-state index in [1.807, 2.05) is 12.2 Å². The van der Waals surface area contributed by atoms with Crippen molar-refractivity contribution in [1.82, 2.24) is 0 Å². The molecule has 1 N–H and O–H groups in total. The van der Waals surface area contributed by atoms with E-state index in [2.05, 4.69) is 20.8 Å². The van der Waals surface area contributed by atoms with E-state index in [-0.39, 0.29) is 12.1 Å². The molecule has 1 rings (SSSR count). The third-order valence-electron chi connectivity index (χ3n) is 5.75. The molecule has 0 saturated carbocycles. The average Bonchev–Trinajstić information content (AvgIpc) is 2.66. The third-order valence-corrected chi connectivity index (χ3v) is 5.75. The van der Waals surface area contributed by atoms with Gasteiger partial charge in [0, 0.05) is 0 Å². The van der Waals surface area contributed by atoms with Gasteiger partial charge >= 0.3 is 11.9 Å². The van der Waals surface area contributed by atoms with Crippen molar-refractivity contribution in [2.75, 3.05) is 0 Å². The molecule has 0 aromatic rings. The molecule has 0 spiro atoms. The van der Waals surface area contributed by atoms with Gasteiger partial charge in [0.05, 0.1) is 11.8 Å². The number of unbranched alkanes of at least 4 members (excludes halogenated alkanes) is 6. The summed E-state index contributed by atoms with van der Waals surface area (Å²) in [6.07, 6.45) is 17.5. The summed E-state index contributed by atoms with van der Waals surface area (Å²) in [4.78, 5) is 24.0. The Balaban J connectivity index is 2.26. The van der Waals surface area contributed by atoms with Crippen molar-refractivity contribution in [3.8, 4) is 0 Å². The summed E-state index contributed by atoms with van der Waals surface area (Å²) in [7, 11) is 0. The Morgan fingerprint density at radius 2 is 1.43 bits per heavy atom. The summed E-state index contributed by atoms with van der Waals surface area (Å²) in [6.45, 7) is 6.67. The van der Waals surface area contributed by atoms with E-state index in [0.29, 0.717) is 12.8 Å². The van der Waals surface area contributed by atoms with E-state index in [0.717, 1.165) is 31.6 Å². The van der Waals surface area contributed by atoms with Crippen LogP contribution in [0, 0.1) is 17.8 Å². The number of ether oxygens (including phenoxy) is 1. The molecule has 3 atom stereocenters. The van der Waals surface area contributed by atoms with Crippen LogP contribution in [0.4, 0.5) is 0 Å². The molecule has 0 amide bonds. The van der Waals surface area contributed by atoms with Crippen LogP contribution in [0.15, 0.2) is 12.2 Å². The van der Waals surface area contributed by atoms with Crippen LogP contribution in [0.5, 0.6) is 0 Å². The lowest BCUT2D eigenvalue weighted by molar-refractivity contribution is -0.162. The molecule has 0 bridgehead atoms. The molecular weight excluding hydrogens is 352 g/mol. The van der Waals surface area contributed by atoms with Crippen LogP contribution in [0.1, 0.15) is 104 Å². The molecule has 3 unspecified atom stereocenters. The molecule has 0 radical (unpaired) electrons. The van der Waals surface area contributed by atoms with Crippen molar-refractivity contribution >= 4 is 11.9 Å². The van der Waals surface area contributed by atoms with Gasteiger partial charge in [-0.1, -0.05) is 84.3 Å². The average molecular weight is 395 g/mol. The number of hydrogen-bond acceptors (Lipinski definition) is 3. The lowest BCUT2D eigenvalue weighted by Gasteiger charge is -2.26. The topological polar surface area (TPSA) is 63.6 Å². The van der Waals surface area contributed by atoms with Gasteiger partial charge in [-0.15, -0.1) is 0 Å². The van der Waals surface area contributed by atoms with Gasteiger partial charge in [0.1, 0.15) is 6.10 Å². The number of rotatable bonds is 15. The van der Waals surface area contributed by atoms with E-state index in [9.17, 15) is 14.7 Å². The molecule has 4 nitrogen and oxygen atoms in total. The van der Waals surface area contributed by atoms with Gasteiger partial charge in [0.25, 0.3) is 0 Å². The Morgan fingerprint density at radius 1 is 0.893 bits per heavy atom. The normalized spacial score (nSPS) is 20.3. The van der Waals surface area contributed by atoms with Gasteiger partial charge in [0.2, 0.25) is 0 Å². The molecule has 162 valence electrons. The quantitative estimate of drug-likeness (QED) is 0.195. The largest absolute Gasteiger partial charge is 0.481 e. The van der Waals surface area contributed by atoms with Crippen LogP contribution in [-0.2, 0) is 14.3 Å². The maximum absolute atomic E-state index is 12.6. The molecule has 1 aliphatic rings. The summed E-state index contributed by atoms with van der Waals surface area (Å²) in [5.41, 5.74) is 0. The SMILES string of the molecule is CCCC(CCCCCCCCCC(C)C)OC(=O)C1CC=CCC1C(=O)O. The number of hydrogen-bond donors (Lipinski definition) is 1. The second-order valence-electron chi connectivity index (χ2n) is 8.79. The zero-order valence-electron chi connectivity index (χ0n) is 18.3. The minimum atomic E-state index is -0.897. The zero-order chi connectivity index (χ0) is 20.8. The lowest BCUT2D eigenvalue weighted by Crippen LogP contribution is -2.34. The number of aliphatic carboxylic acids is 1. The Hall–Kier alpha value is -1.32. The van der Waals surface area contributed by atoms with Crippen molar-refractivity contribution in [2.45, 2.75) is 110 Å². The van der Waals surface area contributed by atoms with Gasteiger partial charge in [0.15, 0.2) is 0 Å². The van der Waals surface area contributed by atoms with E-state index >= 15 is 0 Å². The highest BCUT2D eigenvalue weighted by atomic mass is 16.5. The number of esters is 1. The predicted molar refractivity (Wildman–Crippen MR) is 114 cm³/mol. The monoisotopic (exact) mass is 394 g/mol. The van der Waals surface area contributed by atoms with Crippen LogP contribution in [-0.4, -0.2) is 23.1 Å². The minimum absolute atomic E-state index is 0.0658. The van der Waals surface area contributed by atoms with Crippen LogP contribution in [0.25, 0.3) is 0 Å². The van der Waals surface area contributed by atoms with Crippen LogP contribution in [0.3, 0.4) is 0 Å². The first-order chi connectivity index (χ1) is 13.5. The van der Waals surface area contributed by atoms with Crippen molar-refractivity contribution in [1.29, 1.82) is 0 Å². The van der Waals surface area contributed by atoms with Crippen molar-refractivity contribution in [3.63, 3.8) is 0 Å². The van der Waals surface area contributed by atoms with E-state index in [1.165, 1.54) is 44.9 Å². The maximum atomic E-state index is 12.6. The van der Waals surface area contributed by atoms with Gasteiger partial charge in [-0.2, -0.15) is 0 Å². The fraction of sp³-hybridized carbons (Fsp3) is 0.833. The molecular formula is C24H42O4. The fourth-order valence-electron chi connectivity index (χ4n) is 3.99. The second-order valence-corrected chi connectivity index (χ2v) is 8.79. The number of carboxylic acid groups (broad SMARTS) is 1. The minimum Gasteiger partial charge on any atom is -0.481 e. The summed E-state index contributed by atoms with van der Waals surface area (Å²) >= 11 is 0. The Labute approximate surface area is 172 Å². The molecule has 4 heteroatoms. The van der Waals surface area contributed by atoms with Crippen LogP contribution < -0.4 is 0 Å². The van der Waals surface area contributed by atoms with E-state index < -0.39 is 17.8 Å². The molecule has 0 fully saturated rings. The number of allylic oxidation sites excluding steroid dienone is 2. The van der Waals surface area contributed by atoms with Gasteiger partial charge in [-0.05, 0) is 38.0 Å². The Bertz CT molecular complexity index is 469. The molecule has 1 aliphatic carbocycles. The van der Waals surface area contributed by atoms with Crippen LogP contribution >= 0.6 is 0 Å². The van der Waals surface area contributed by atoms with Gasteiger partial charge in [-0.3, -0.25) is 9.59 Å². The number of carbonyl (C=O) groups excluding carboxylic acids is 1. The zero-order valence-corrected chi connectivity index (χ0v) is 18.3. The first-order valence-corrected chi connectivity index (χ1v) is 11.5. The summed E-state index contributed by atoms with van der Waals surface area (Å²) in [6, 6.07) is 0. The molecule has 0 aromatic heterocycles. The standard InChI is InChI=1S/C24H42O4/c1-4-14-20(16-11-9-7-5-6-8-10-15-19(2)3)28-24(27)22-18-13-12-17-21(22)23(25)26/h12-13,19-22H,4-11,14-18H2,1-3H3,(H,25,26). The molecule has 0 heterocycles. The van der Waals surface area contributed by atoms with E-state index in [1.54, 1.807) is 0 Å². The Morgan fingerprint density at radius 3 is 1.96 bits per heavy atom. The lowest BCUT2D eigenvalue weighted by atomic mass is 9.83. The smallest absolute Gasteiger partial charge is 0.310 e. The van der Waals surface area contributed by atoms with E-state index in [4.69, 9.17) is 4.74 Å². The highest BCUT2D eigenvalue weighted by molar-refractivity contribution is 5.81. The number of carbonyl (C=O) groups is 2. The van der Waals surface area contributed by atoms with Gasteiger partial charge in [-0.25, -0.2) is 0 Å². The third kappa shape index (κ3) is 10.3. The molecule has 0 aromatic carbocycles. The summed E-state index contributed by atoms with van der Waals surface area (Å²) in [5.74, 6) is -1.58. The fourth-order valence-corrected chi connectivity index (χ4v) is 3.99. The van der Waals surface area contributed by atoms with Crippen LogP contribution in [0.2, 0.25) is 0 Å². The van der Waals surface area contributed by atoms with Crippen molar-refractivity contribution in [2.24, 2.45) is 17.8 Å². The highest BCUT2D eigenvalue weighted by Gasteiger charge is 2.35. The predicted octanol–water partition coefficient (Wildman–Crippen LogP) is 6.53. The van der Waals surface area contributed by atoms with Gasteiger partial charge < -0.3 is 9.84 Å². The molecule has 28 heavy (non-hydrogen) atoms. The highest BCUT2D eigenvalue weighted by Crippen LogP contribution is 2.28.